The van der Waals surface area contributed by atoms with E-state index in [0.717, 1.165) is 32.7 Å². The van der Waals surface area contributed by atoms with Gasteiger partial charge in [0.2, 0.25) is 5.91 Å². The molecule has 2 rings (SSSR count). The number of benzene rings is 1. The smallest absolute Gasteiger partial charge is 0.221 e. The second kappa shape index (κ2) is 9.74. The summed E-state index contributed by atoms with van der Waals surface area (Å²) in [5.74, 6) is -0.0506. The first-order chi connectivity index (χ1) is 11.9. The molecule has 7 heteroatoms. The average molecular weight is 388 g/mol. The lowest BCUT2D eigenvalue weighted by atomic mass is 10.1. The molecule has 1 aromatic carbocycles. The Morgan fingerprint density at radius 3 is 2.48 bits per heavy atom. The fraction of sp³-hybridized carbons (Fsp3) is 0.611. The van der Waals surface area contributed by atoms with Crippen molar-refractivity contribution in [1.29, 1.82) is 0 Å². The van der Waals surface area contributed by atoms with Gasteiger partial charge in [0.15, 0.2) is 0 Å². The molecule has 5 nitrogen and oxygen atoms in total. The number of hydrogen-bond donors (Lipinski definition) is 2. The van der Waals surface area contributed by atoms with E-state index in [1.54, 1.807) is 18.2 Å². The summed E-state index contributed by atoms with van der Waals surface area (Å²) in [7, 11) is 0. The van der Waals surface area contributed by atoms with Crippen LogP contribution in [0.3, 0.4) is 0 Å². The Morgan fingerprint density at radius 2 is 1.88 bits per heavy atom. The SMILES string of the molecule is CC(C)N1CCN(CCC(=O)NCC(O)c2ccc(Cl)c(Cl)c2)CC1. The van der Waals surface area contributed by atoms with Crippen molar-refractivity contribution in [2.75, 3.05) is 39.3 Å². The van der Waals surface area contributed by atoms with E-state index >= 15 is 0 Å². The molecule has 0 bridgehead atoms. The monoisotopic (exact) mass is 387 g/mol. The largest absolute Gasteiger partial charge is 0.387 e. The van der Waals surface area contributed by atoms with Crippen LogP contribution in [0.2, 0.25) is 10.0 Å². The van der Waals surface area contributed by atoms with Crippen LogP contribution in [0.1, 0.15) is 31.9 Å². The molecule has 1 aromatic rings. The minimum atomic E-state index is -0.798. The normalized spacial score (nSPS) is 17.7. The van der Waals surface area contributed by atoms with Crippen LogP contribution in [-0.2, 0) is 4.79 Å². The Labute approximate surface area is 159 Å². The van der Waals surface area contributed by atoms with Crippen molar-refractivity contribution < 1.29 is 9.90 Å². The van der Waals surface area contributed by atoms with Crippen LogP contribution in [0.25, 0.3) is 0 Å². The molecule has 1 heterocycles. The molecular formula is C18H27Cl2N3O2. The number of hydrogen-bond acceptors (Lipinski definition) is 4. The molecule has 1 unspecified atom stereocenters. The van der Waals surface area contributed by atoms with Crippen molar-refractivity contribution in [3.8, 4) is 0 Å². The highest BCUT2D eigenvalue weighted by Gasteiger charge is 2.19. The van der Waals surface area contributed by atoms with Gasteiger partial charge in [-0.05, 0) is 31.5 Å². The quantitative estimate of drug-likeness (QED) is 0.754. The summed E-state index contributed by atoms with van der Waals surface area (Å²) in [6, 6.07) is 5.54. The number of carbonyl (C=O) groups excluding carboxylic acids is 1. The molecule has 1 aliphatic heterocycles. The second-order valence-corrected chi connectivity index (χ2v) is 7.53. The Hall–Kier alpha value is -0.850. The summed E-state index contributed by atoms with van der Waals surface area (Å²) in [5, 5.41) is 13.8. The van der Waals surface area contributed by atoms with Crippen molar-refractivity contribution in [2.24, 2.45) is 0 Å². The molecule has 0 spiro atoms. The molecule has 0 aliphatic carbocycles. The molecule has 1 aliphatic rings. The van der Waals surface area contributed by atoms with Gasteiger partial charge in [0.25, 0.3) is 0 Å². The predicted octanol–water partition coefficient (Wildman–Crippen LogP) is 2.56. The zero-order chi connectivity index (χ0) is 18.4. The van der Waals surface area contributed by atoms with Crippen LogP contribution in [0.5, 0.6) is 0 Å². The minimum absolute atomic E-state index is 0.0506. The van der Waals surface area contributed by atoms with Gasteiger partial charge in [0.05, 0.1) is 16.1 Å². The van der Waals surface area contributed by atoms with Gasteiger partial charge >= 0.3 is 0 Å². The lowest BCUT2D eigenvalue weighted by molar-refractivity contribution is -0.122. The summed E-state index contributed by atoms with van der Waals surface area (Å²) in [4.78, 5) is 16.8. The van der Waals surface area contributed by atoms with Crippen molar-refractivity contribution in [1.82, 2.24) is 15.1 Å². The van der Waals surface area contributed by atoms with Crippen molar-refractivity contribution in [3.63, 3.8) is 0 Å². The predicted molar refractivity (Wildman–Crippen MR) is 102 cm³/mol. The number of halogens is 2. The van der Waals surface area contributed by atoms with Gasteiger partial charge in [-0.2, -0.15) is 0 Å². The minimum Gasteiger partial charge on any atom is -0.387 e. The molecule has 25 heavy (non-hydrogen) atoms. The van der Waals surface area contributed by atoms with E-state index in [9.17, 15) is 9.90 Å². The Balaban J connectivity index is 1.68. The molecule has 2 N–H and O–H groups in total. The third-order valence-electron chi connectivity index (χ3n) is 4.61. The van der Waals surface area contributed by atoms with Crippen LogP contribution < -0.4 is 5.32 Å². The van der Waals surface area contributed by atoms with Crippen LogP contribution in [-0.4, -0.2) is 66.1 Å². The first-order valence-electron chi connectivity index (χ1n) is 8.73. The number of aliphatic hydroxyl groups excluding tert-OH is 1. The number of amides is 1. The summed E-state index contributed by atoms with van der Waals surface area (Å²) in [6.07, 6.45) is -0.358. The molecule has 1 atom stereocenters. The molecule has 0 saturated carbocycles. The molecule has 1 saturated heterocycles. The third kappa shape index (κ3) is 6.42. The van der Waals surface area contributed by atoms with Crippen LogP contribution >= 0.6 is 23.2 Å². The lowest BCUT2D eigenvalue weighted by Crippen LogP contribution is -2.49. The number of carbonyl (C=O) groups is 1. The van der Waals surface area contributed by atoms with Crippen LogP contribution in [0, 0.1) is 0 Å². The third-order valence-corrected chi connectivity index (χ3v) is 5.35. The Bertz CT molecular complexity index is 575. The lowest BCUT2D eigenvalue weighted by Gasteiger charge is -2.36. The van der Waals surface area contributed by atoms with Crippen molar-refractivity contribution in [3.05, 3.63) is 33.8 Å². The molecule has 140 valence electrons. The molecule has 1 amide bonds. The molecular weight excluding hydrogens is 361 g/mol. The standard InChI is InChI=1S/C18H27Cl2N3O2/c1-13(2)23-9-7-22(8-10-23)6-5-18(25)21-12-17(24)14-3-4-15(19)16(20)11-14/h3-4,11,13,17,24H,5-10,12H2,1-2H3,(H,21,25). The number of piperazine rings is 1. The summed E-state index contributed by atoms with van der Waals surface area (Å²) in [5.41, 5.74) is 0.638. The maximum Gasteiger partial charge on any atom is 0.221 e. The van der Waals surface area contributed by atoms with E-state index in [1.165, 1.54) is 0 Å². The van der Waals surface area contributed by atoms with E-state index < -0.39 is 6.10 Å². The maximum absolute atomic E-state index is 12.0. The van der Waals surface area contributed by atoms with Crippen LogP contribution in [0.4, 0.5) is 0 Å². The first-order valence-corrected chi connectivity index (χ1v) is 9.48. The zero-order valence-corrected chi connectivity index (χ0v) is 16.4. The maximum atomic E-state index is 12.0. The van der Waals surface area contributed by atoms with Gasteiger partial charge in [0.1, 0.15) is 0 Å². The fourth-order valence-corrected chi connectivity index (χ4v) is 3.21. The van der Waals surface area contributed by atoms with Gasteiger partial charge in [0, 0.05) is 51.7 Å². The van der Waals surface area contributed by atoms with Crippen LogP contribution in [0.15, 0.2) is 18.2 Å². The molecule has 0 radical (unpaired) electrons. The molecule has 1 fully saturated rings. The van der Waals surface area contributed by atoms with E-state index in [0.29, 0.717) is 28.1 Å². The van der Waals surface area contributed by atoms with Crippen molar-refractivity contribution >= 4 is 29.1 Å². The van der Waals surface area contributed by atoms with Gasteiger partial charge in [-0.15, -0.1) is 0 Å². The highest BCUT2D eigenvalue weighted by atomic mass is 35.5. The van der Waals surface area contributed by atoms with Gasteiger partial charge in [-0.25, -0.2) is 0 Å². The van der Waals surface area contributed by atoms with E-state index in [1.807, 2.05) is 0 Å². The second-order valence-electron chi connectivity index (χ2n) is 6.71. The van der Waals surface area contributed by atoms with E-state index in [4.69, 9.17) is 23.2 Å². The summed E-state index contributed by atoms with van der Waals surface area (Å²) >= 11 is 11.8. The topological polar surface area (TPSA) is 55.8 Å². The Morgan fingerprint density at radius 1 is 1.20 bits per heavy atom. The van der Waals surface area contributed by atoms with Gasteiger partial charge in [-0.3, -0.25) is 9.69 Å². The number of rotatable bonds is 7. The average Bonchev–Trinajstić information content (AvgIpc) is 2.60. The fourth-order valence-electron chi connectivity index (χ4n) is 2.90. The highest BCUT2D eigenvalue weighted by molar-refractivity contribution is 6.42. The number of aliphatic hydroxyl groups is 1. The van der Waals surface area contributed by atoms with Gasteiger partial charge < -0.3 is 15.3 Å². The first kappa shape index (κ1) is 20.5. The number of nitrogens with zero attached hydrogens (tertiary/aromatic N) is 2. The zero-order valence-electron chi connectivity index (χ0n) is 14.8. The Kier molecular flexibility index (Phi) is 7.97. The summed E-state index contributed by atoms with van der Waals surface area (Å²) in [6.45, 7) is 9.43. The number of nitrogens with one attached hydrogen (secondary N) is 1. The van der Waals surface area contributed by atoms with E-state index in [2.05, 4.69) is 29.0 Å². The summed E-state index contributed by atoms with van der Waals surface area (Å²) < 4.78 is 0. The van der Waals surface area contributed by atoms with Crippen molar-refractivity contribution in [2.45, 2.75) is 32.4 Å². The molecule has 0 aromatic heterocycles. The van der Waals surface area contributed by atoms with E-state index in [-0.39, 0.29) is 12.5 Å². The van der Waals surface area contributed by atoms with Gasteiger partial charge in [-0.1, -0.05) is 29.3 Å². The highest BCUT2D eigenvalue weighted by Crippen LogP contribution is 2.25.